The Kier molecular flexibility index (Phi) is 6.78. The maximum atomic E-state index is 12.5. The predicted octanol–water partition coefficient (Wildman–Crippen LogP) is 6.08. The summed E-state index contributed by atoms with van der Waals surface area (Å²) in [6.07, 6.45) is 0. The van der Waals surface area contributed by atoms with Crippen molar-refractivity contribution < 1.29 is 9.59 Å². The number of rotatable bonds is 6. The van der Waals surface area contributed by atoms with Crippen LogP contribution in [-0.2, 0) is 4.79 Å². The number of aryl methyl sites for hydroxylation is 1. The zero-order valence-electron chi connectivity index (χ0n) is 15.4. The fraction of sp³-hybridized carbons (Fsp3) is 0.143. The SMILES string of the molecule is Cc1ccc(NC(=O)C(C)Sc2cccc(NC(=O)c3cccs3)c2)cc1Cl. The number of thiophene rings is 1. The van der Waals surface area contributed by atoms with Gasteiger partial charge in [-0.25, -0.2) is 0 Å². The predicted molar refractivity (Wildman–Crippen MR) is 119 cm³/mol. The highest BCUT2D eigenvalue weighted by Crippen LogP contribution is 2.27. The van der Waals surface area contributed by atoms with Gasteiger partial charge in [0.15, 0.2) is 0 Å². The summed E-state index contributed by atoms with van der Waals surface area (Å²) >= 11 is 8.93. The fourth-order valence-corrected chi connectivity index (χ4v) is 4.15. The molecule has 7 heteroatoms. The Labute approximate surface area is 177 Å². The van der Waals surface area contributed by atoms with Crippen LogP contribution in [0.25, 0.3) is 0 Å². The molecular weight excluding hydrogens is 412 g/mol. The van der Waals surface area contributed by atoms with Gasteiger partial charge in [0.25, 0.3) is 5.91 Å². The van der Waals surface area contributed by atoms with Crippen LogP contribution in [0.3, 0.4) is 0 Å². The Morgan fingerprint density at radius 1 is 1.04 bits per heavy atom. The number of amides is 2. The minimum absolute atomic E-state index is 0.113. The highest BCUT2D eigenvalue weighted by atomic mass is 35.5. The third-order valence-corrected chi connectivity index (χ3v) is 6.33. The first-order chi connectivity index (χ1) is 13.4. The Morgan fingerprint density at radius 3 is 2.54 bits per heavy atom. The Morgan fingerprint density at radius 2 is 1.82 bits per heavy atom. The molecular formula is C21H19ClN2O2S2. The lowest BCUT2D eigenvalue weighted by Crippen LogP contribution is -2.22. The van der Waals surface area contributed by atoms with E-state index in [1.807, 2.05) is 61.7 Å². The standard InChI is InChI=1S/C21H19ClN2O2S2/c1-13-8-9-16(12-18(13)22)23-20(25)14(2)28-17-6-3-5-15(11-17)24-21(26)19-7-4-10-27-19/h3-12,14H,1-2H3,(H,23,25)(H,24,26). The molecule has 0 aliphatic carbocycles. The van der Waals surface area contributed by atoms with Gasteiger partial charge in [-0.2, -0.15) is 0 Å². The lowest BCUT2D eigenvalue weighted by atomic mass is 10.2. The van der Waals surface area contributed by atoms with Crippen molar-refractivity contribution in [2.24, 2.45) is 0 Å². The monoisotopic (exact) mass is 430 g/mol. The van der Waals surface area contributed by atoms with Crippen molar-refractivity contribution in [3.05, 3.63) is 75.4 Å². The maximum absolute atomic E-state index is 12.5. The summed E-state index contributed by atoms with van der Waals surface area (Å²) in [5.41, 5.74) is 2.33. The van der Waals surface area contributed by atoms with Gasteiger partial charge in [-0.3, -0.25) is 9.59 Å². The van der Waals surface area contributed by atoms with Gasteiger partial charge in [0, 0.05) is 21.3 Å². The number of carbonyl (C=O) groups excluding carboxylic acids is 2. The molecule has 3 aromatic rings. The van der Waals surface area contributed by atoms with E-state index >= 15 is 0 Å². The summed E-state index contributed by atoms with van der Waals surface area (Å²) in [4.78, 5) is 26.2. The Bertz CT molecular complexity index is 990. The van der Waals surface area contributed by atoms with Gasteiger partial charge in [-0.15, -0.1) is 23.1 Å². The average molecular weight is 431 g/mol. The zero-order chi connectivity index (χ0) is 20.1. The van der Waals surface area contributed by atoms with E-state index in [1.54, 1.807) is 12.1 Å². The first-order valence-electron chi connectivity index (χ1n) is 8.61. The van der Waals surface area contributed by atoms with E-state index < -0.39 is 0 Å². The minimum Gasteiger partial charge on any atom is -0.325 e. The van der Waals surface area contributed by atoms with Gasteiger partial charge >= 0.3 is 0 Å². The number of benzene rings is 2. The number of halogens is 1. The molecule has 144 valence electrons. The van der Waals surface area contributed by atoms with Crippen molar-refractivity contribution in [2.75, 3.05) is 10.6 Å². The minimum atomic E-state index is -0.316. The third-order valence-electron chi connectivity index (χ3n) is 3.96. The normalized spacial score (nSPS) is 11.7. The van der Waals surface area contributed by atoms with E-state index in [1.165, 1.54) is 23.1 Å². The molecule has 28 heavy (non-hydrogen) atoms. The van der Waals surface area contributed by atoms with E-state index in [0.29, 0.717) is 21.3 Å². The Balaban J connectivity index is 1.61. The number of carbonyl (C=O) groups is 2. The van der Waals surface area contributed by atoms with Crippen LogP contribution in [0.5, 0.6) is 0 Å². The van der Waals surface area contributed by atoms with Gasteiger partial charge in [0.05, 0.1) is 10.1 Å². The molecule has 0 aliphatic rings. The van der Waals surface area contributed by atoms with Crippen molar-refractivity contribution in [1.29, 1.82) is 0 Å². The van der Waals surface area contributed by atoms with Crippen molar-refractivity contribution in [3.8, 4) is 0 Å². The summed E-state index contributed by atoms with van der Waals surface area (Å²) in [7, 11) is 0. The summed E-state index contributed by atoms with van der Waals surface area (Å²) in [5, 5.41) is 7.93. The molecule has 2 amide bonds. The first kappa shape index (κ1) is 20.5. The van der Waals surface area contributed by atoms with Gasteiger partial charge in [0.2, 0.25) is 5.91 Å². The van der Waals surface area contributed by atoms with E-state index in [0.717, 1.165) is 10.5 Å². The molecule has 3 rings (SSSR count). The molecule has 2 N–H and O–H groups in total. The highest BCUT2D eigenvalue weighted by Gasteiger charge is 2.16. The second kappa shape index (κ2) is 9.28. The molecule has 1 heterocycles. The second-order valence-corrected chi connectivity index (χ2v) is 8.94. The highest BCUT2D eigenvalue weighted by molar-refractivity contribution is 8.00. The van der Waals surface area contributed by atoms with Crippen LogP contribution in [-0.4, -0.2) is 17.1 Å². The Hall–Kier alpha value is -2.28. The largest absolute Gasteiger partial charge is 0.325 e. The number of hydrogen-bond donors (Lipinski definition) is 2. The van der Waals surface area contributed by atoms with Crippen LogP contribution in [0.4, 0.5) is 11.4 Å². The van der Waals surface area contributed by atoms with Gasteiger partial charge in [0.1, 0.15) is 0 Å². The van der Waals surface area contributed by atoms with Crippen molar-refractivity contribution in [1.82, 2.24) is 0 Å². The molecule has 2 aromatic carbocycles. The lowest BCUT2D eigenvalue weighted by molar-refractivity contribution is -0.115. The van der Waals surface area contributed by atoms with E-state index in [-0.39, 0.29) is 17.1 Å². The molecule has 0 aliphatic heterocycles. The van der Waals surface area contributed by atoms with E-state index in [4.69, 9.17) is 11.6 Å². The quantitative estimate of drug-likeness (QED) is 0.466. The second-order valence-electron chi connectivity index (χ2n) is 6.17. The van der Waals surface area contributed by atoms with Crippen LogP contribution in [0, 0.1) is 6.92 Å². The zero-order valence-corrected chi connectivity index (χ0v) is 17.8. The lowest BCUT2D eigenvalue weighted by Gasteiger charge is -2.13. The van der Waals surface area contributed by atoms with Gasteiger partial charge in [-0.05, 0) is 61.2 Å². The average Bonchev–Trinajstić information content (AvgIpc) is 3.20. The van der Waals surface area contributed by atoms with Crippen LogP contribution >= 0.6 is 34.7 Å². The molecule has 1 atom stereocenters. The third kappa shape index (κ3) is 5.38. The number of anilines is 2. The summed E-state index contributed by atoms with van der Waals surface area (Å²) in [5.74, 6) is -0.253. The van der Waals surface area contributed by atoms with Gasteiger partial charge in [-0.1, -0.05) is 29.8 Å². The molecule has 0 radical (unpaired) electrons. The van der Waals surface area contributed by atoms with Crippen molar-refractivity contribution >= 4 is 57.9 Å². The molecule has 0 fully saturated rings. The molecule has 0 spiro atoms. The van der Waals surface area contributed by atoms with Crippen LogP contribution in [0.1, 0.15) is 22.2 Å². The van der Waals surface area contributed by atoms with Crippen LogP contribution in [0.2, 0.25) is 5.02 Å². The van der Waals surface area contributed by atoms with Gasteiger partial charge < -0.3 is 10.6 Å². The topological polar surface area (TPSA) is 58.2 Å². The molecule has 1 aromatic heterocycles. The molecule has 4 nitrogen and oxygen atoms in total. The summed E-state index contributed by atoms with van der Waals surface area (Å²) in [6, 6.07) is 16.5. The molecule has 1 unspecified atom stereocenters. The number of thioether (sulfide) groups is 1. The fourth-order valence-electron chi connectivity index (χ4n) is 2.42. The van der Waals surface area contributed by atoms with E-state index in [9.17, 15) is 9.59 Å². The van der Waals surface area contributed by atoms with Crippen molar-refractivity contribution in [2.45, 2.75) is 24.0 Å². The number of hydrogen-bond acceptors (Lipinski definition) is 4. The maximum Gasteiger partial charge on any atom is 0.265 e. The summed E-state index contributed by atoms with van der Waals surface area (Å²) in [6.45, 7) is 3.75. The summed E-state index contributed by atoms with van der Waals surface area (Å²) < 4.78 is 0. The number of nitrogens with one attached hydrogen (secondary N) is 2. The molecule has 0 bridgehead atoms. The molecule has 0 saturated carbocycles. The van der Waals surface area contributed by atoms with Crippen LogP contribution in [0.15, 0.2) is 64.9 Å². The van der Waals surface area contributed by atoms with E-state index in [2.05, 4.69) is 10.6 Å². The first-order valence-corrected chi connectivity index (χ1v) is 10.7. The molecule has 0 saturated heterocycles. The van der Waals surface area contributed by atoms with Crippen molar-refractivity contribution in [3.63, 3.8) is 0 Å². The smallest absolute Gasteiger partial charge is 0.265 e. The van der Waals surface area contributed by atoms with Crippen LogP contribution < -0.4 is 10.6 Å².